The fraction of sp³-hybridized carbons (Fsp3) is 0. The maximum atomic E-state index is 3.93. The Bertz CT molecular complexity index is 394. The summed E-state index contributed by atoms with van der Waals surface area (Å²) in [5.41, 5.74) is 2.11. The average Bonchev–Trinajstić information content (AvgIpc) is 3.06. The predicted octanol–water partition coefficient (Wildman–Crippen LogP) is 3.33. The van der Waals surface area contributed by atoms with E-state index in [0.717, 1.165) is 11.3 Å². The largest absolute Gasteiger partial charge is 2.00 e. The number of hydrogen-bond acceptors (Lipinski definition) is 3. The molecule has 0 saturated carbocycles. The third kappa shape index (κ3) is 3.74. The van der Waals surface area contributed by atoms with Crippen molar-refractivity contribution < 1.29 is 17.1 Å². The fourth-order valence-electron chi connectivity index (χ4n) is 1.16. The molecule has 0 spiro atoms. The van der Waals surface area contributed by atoms with Crippen LogP contribution in [0.2, 0.25) is 0 Å². The van der Waals surface area contributed by atoms with E-state index in [9.17, 15) is 0 Å². The van der Waals surface area contributed by atoms with Crippen LogP contribution >= 0.6 is 11.5 Å². The summed E-state index contributed by atoms with van der Waals surface area (Å²) in [4.78, 5) is 0. The first-order valence-corrected chi connectivity index (χ1v) is 5.46. The maximum absolute atomic E-state index is 3.93. The molecule has 2 aromatic carbocycles. The molecule has 4 heteroatoms. The van der Waals surface area contributed by atoms with Gasteiger partial charge < -0.3 is 0 Å². The van der Waals surface area contributed by atoms with Crippen molar-refractivity contribution in [2.24, 2.45) is 0 Å². The molecule has 16 heavy (non-hydrogen) atoms. The maximum Gasteiger partial charge on any atom is 2.00 e. The van der Waals surface area contributed by atoms with Crippen molar-refractivity contribution >= 4 is 11.5 Å². The quantitative estimate of drug-likeness (QED) is 0.500. The zero-order valence-electron chi connectivity index (χ0n) is 8.43. The van der Waals surface area contributed by atoms with Gasteiger partial charge in [-0.05, 0) is 5.38 Å². The Morgan fingerprint density at radius 3 is 2.19 bits per heavy atom. The van der Waals surface area contributed by atoms with Gasteiger partial charge in [0.1, 0.15) is 0 Å². The van der Waals surface area contributed by atoms with Gasteiger partial charge in [-0.3, -0.25) is 0 Å². The van der Waals surface area contributed by atoms with Gasteiger partial charge in [0.05, 0.1) is 0 Å². The van der Waals surface area contributed by atoms with Gasteiger partial charge in [-0.15, -0.1) is 16.6 Å². The summed E-state index contributed by atoms with van der Waals surface area (Å²) in [5, 5.41) is 5.87. The van der Waals surface area contributed by atoms with E-state index in [2.05, 4.69) is 9.59 Å². The Labute approximate surface area is 109 Å². The number of rotatable bonds is 1. The summed E-state index contributed by atoms with van der Waals surface area (Å²) in [6.45, 7) is 0. The first-order valence-electron chi connectivity index (χ1n) is 4.62. The summed E-state index contributed by atoms with van der Waals surface area (Å²) in [7, 11) is 0. The van der Waals surface area contributed by atoms with E-state index in [4.69, 9.17) is 0 Å². The smallest absolute Gasteiger partial charge is 0.214 e. The van der Waals surface area contributed by atoms with Crippen LogP contribution < -0.4 is 0 Å². The topological polar surface area (TPSA) is 25.8 Å². The van der Waals surface area contributed by atoms with Gasteiger partial charge in [0, 0.05) is 5.69 Å². The second-order valence-electron chi connectivity index (χ2n) is 2.93. The SMILES string of the molecule is [Fe+2].c1cc[c-](-c2csnn2)c1.c1cc[cH-]c1. The standard InChI is InChI=1S/C7H5N2S.C5H5.Fe/c1-2-4-6(3-1)7-5-10-9-8-7;1-2-4-5-3-1;/h1-5H;1-5H;/q2*-1;+2. The summed E-state index contributed by atoms with van der Waals surface area (Å²) >= 11 is 1.38. The molecule has 0 atom stereocenters. The molecule has 0 amide bonds. The number of nitrogens with zero attached hydrogens (tertiary/aromatic N) is 2. The van der Waals surface area contributed by atoms with E-state index in [1.165, 1.54) is 11.5 Å². The van der Waals surface area contributed by atoms with Crippen LogP contribution in [0.4, 0.5) is 0 Å². The van der Waals surface area contributed by atoms with Crippen molar-refractivity contribution in [1.29, 1.82) is 0 Å². The zero-order chi connectivity index (χ0) is 10.3. The van der Waals surface area contributed by atoms with E-state index in [1.54, 1.807) is 0 Å². The van der Waals surface area contributed by atoms with Crippen LogP contribution in [0.5, 0.6) is 0 Å². The van der Waals surface area contributed by atoms with Gasteiger partial charge in [0.25, 0.3) is 0 Å². The van der Waals surface area contributed by atoms with Gasteiger partial charge in [0.15, 0.2) is 0 Å². The molecule has 3 rings (SSSR count). The van der Waals surface area contributed by atoms with Crippen molar-refractivity contribution in [3.63, 3.8) is 0 Å². The van der Waals surface area contributed by atoms with Crippen LogP contribution in [0.3, 0.4) is 0 Å². The predicted molar refractivity (Wildman–Crippen MR) is 63.0 cm³/mol. The summed E-state index contributed by atoms with van der Waals surface area (Å²) in [6, 6.07) is 18.0. The molecule has 0 fully saturated rings. The molecule has 3 aromatic rings. The van der Waals surface area contributed by atoms with Crippen molar-refractivity contribution in [3.05, 3.63) is 60.0 Å². The normalized spacial score (nSPS) is 8.75. The van der Waals surface area contributed by atoms with E-state index in [0.29, 0.717) is 0 Å². The van der Waals surface area contributed by atoms with Crippen molar-refractivity contribution in [1.82, 2.24) is 9.59 Å². The first-order chi connectivity index (χ1) is 7.47. The third-order valence-electron chi connectivity index (χ3n) is 1.87. The number of aromatic nitrogens is 2. The third-order valence-corrected chi connectivity index (χ3v) is 2.38. The Morgan fingerprint density at radius 1 is 1.06 bits per heavy atom. The second-order valence-corrected chi connectivity index (χ2v) is 3.54. The zero-order valence-corrected chi connectivity index (χ0v) is 10.4. The Kier molecular flexibility index (Phi) is 5.72. The van der Waals surface area contributed by atoms with E-state index in [1.807, 2.05) is 60.0 Å². The van der Waals surface area contributed by atoms with Crippen LogP contribution in [-0.4, -0.2) is 9.59 Å². The minimum atomic E-state index is 0. The van der Waals surface area contributed by atoms with E-state index >= 15 is 0 Å². The molecule has 0 unspecified atom stereocenters. The number of hydrogen-bond donors (Lipinski definition) is 0. The molecule has 82 valence electrons. The van der Waals surface area contributed by atoms with Crippen molar-refractivity contribution in [2.75, 3.05) is 0 Å². The Morgan fingerprint density at radius 2 is 1.75 bits per heavy atom. The molecule has 0 radical (unpaired) electrons. The molecular formula is C12H10FeN2S. The van der Waals surface area contributed by atoms with Gasteiger partial charge in [-0.2, -0.15) is 35.4 Å². The van der Waals surface area contributed by atoms with Crippen LogP contribution in [0.1, 0.15) is 0 Å². The van der Waals surface area contributed by atoms with Gasteiger partial charge in [-0.25, -0.2) is 12.1 Å². The summed E-state index contributed by atoms with van der Waals surface area (Å²) in [5.74, 6) is 0. The summed E-state index contributed by atoms with van der Waals surface area (Å²) < 4.78 is 3.77. The van der Waals surface area contributed by atoms with Gasteiger partial charge in [-0.1, -0.05) is 17.1 Å². The average molecular weight is 270 g/mol. The summed E-state index contributed by atoms with van der Waals surface area (Å²) in [6.07, 6.45) is 0. The molecule has 0 N–H and O–H groups in total. The van der Waals surface area contributed by atoms with Crippen molar-refractivity contribution in [3.8, 4) is 11.3 Å². The molecule has 0 bridgehead atoms. The molecular weight excluding hydrogens is 260 g/mol. The minimum absolute atomic E-state index is 0. The van der Waals surface area contributed by atoms with Gasteiger partial charge in [0.2, 0.25) is 0 Å². The van der Waals surface area contributed by atoms with E-state index in [-0.39, 0.29) is 17.1 Å². The minimum Gasteiger partial charge on any atom is -0.214 e. The van der Waals surface area contributed by atoms with E-state index < -0.39 is 0 Å². The fourth-order valence-corrected chi connectivity index (χ4v) is 1.62. The van der Waals surface area contributed by atoms with Gasteiger partial charge >= 0.3 is 17.1 Å². The van der Waals surface area contributed by atoms with Crippen LogP contribution in [0.25, 0.3) is 11.3 Å². The molecule has 0 aliphatic heterocycles. The first kappa shape index (κ1) is 12.8. The molecule has 1 aromatic heterocycles. The van der Waals surface area contributed by atoms with Crippen molar-refractivity contribution in [2.45, 2.75) is 0 Å². The Hall–Kier alpha value is -1.22. The molecule has 1 heterocycles. The Balaban J connectivity index is 0.000000183. The molecule has 0 saturated heterocycles. The van der Waals surface area contributed by atoms with Crippen LogP contribution in [-0.2, 0) is 17.1 Å². The molecule has 2 nitrogen and oxygen atoms in total. The van der Waals surface area contributed by atoms with Crippen LogP contribution in [0.15, 0.2) is 60.0 Å². The molecule has 0 aliphatic rings. The molecule has 0 aliphatic carbocycles. The second kappa shape index (κ2) is 7.12. The van der Waals surface area contributed by atoms with Crippen LogP contribution in [0, 0.1) is 0 Å². The monoisotopic (exact) mass is 270 g/mol.